The van der Waals surface area contributed by atoms with Gasteiger partial charge in [-0.1, -0.05) is 36.4 Å². The number of rotatable bonds is 10. The average molecular weight is 607 g/mol. The maximum Gasteiger partial charge on any atom is 0.252 e. The molecule has 12 heteroatoms. The lowest BCUT2D eigenvalue weighted by molar-refractivity contribution is -0.0311. The number of aliphatic hydroxyl groups excluding tert-OH is 1. The molecule has 2 unspecified atom stereocenters. The topological polar surface area (TPSA) is 122 Å². The predicted molar refractivity (Wildman–Crippen MR) is 154 cm³/mol. The quantitative estimate of drug-likeness (QED) is 0.361. The first-order valence-corrected chi connectivity index (χ1v) is 17.3. The fraction of sp³-hybridized carbons (Fsp3) is 0.429. The van der Waals surface area contributed by atoms with Crippen molar-refractivity contribution in [2.45, 2.75) is 46.1 Å². The van der Waals surface area contributed by atoms with Gasteiger partial charge < -0.3 is 19.9 Å². The van der Waals surface area contributed by atoms with E-state index in [0.29, 0.717) is 49.0 Å². The summed E-state index contributed by atoms with van der Waals surface area (Å²) in [5.74, 6) is 0.380. The van der Waals surface area contributed by atoms with Gasteiger partial charge in [-0.05, 0) is 55.2 Å². The van der Waals surface area contributed by atoms with Crippen LogP contribution in [0.3, 0.4) is 0 Å². The van der Waals surface area contributed by atoms with E-state index in [4.69, 9.17) is 9.47 Å². The highest BCUT2D eigenvalue weighted by molar-refractivity contribution is 7.91. The molecule has 1 aromatic heterocycles. The molecule has 0 radical (unpaired) electrons. The number of hydrogen-bond donors (Lipinski definition) is 2. The van der Waals surface area contributed by atoms with Crippen LogP contribution in [-0.4, -0.2) is 83.1 Å². The molecule has 2 aliphatic rings. The zero-order valence-corrected chi connectivity index (χ0v) is 24.7. The molecule has 1 spiro atoms. The van der Waals surface area contributed by atoms with Crippen molar-refractivity contribution in [1.29, 1.82) is 0 Å². The van der Waals surface area contributed by atoms with E-state index >= 15 is 0 Å². The number of sulfonamides is 1. The summed E-state index contributed by atoms with van der Waals surface area (Å²) in [7, 11) is -6.91. The zero-order valence-electron chi connectivity index (χ0n) is 22.2. The lowest BCUT2D eigenvalue weighted by atomic mass is 9.88. The Morgan fingerprint density at radius 2 is 1.82 bits per heavy atom. The molecule has 2 atom stereocenters. The monoisotopic (exact) mass is 606 g/mol. The fourth-order valence-corrected chi connectivity index (χ4v) is 8.71. The van der Waals surface area contributed by atoms with Gasteiger partial charge in [-0.3, -0.25) is 0 Å². The second kappa shape index (κ2) is 11.9. The highest BCUT2D eigenvalue weighted by atomic mass is 32.2. The van der Waals surface area contributed by atoms with E-state index in [1.165, 1.54) is 23.5 Å². The molecule has 9 nitrogen and oxygen atoms in total. The van der Waals surface area contributed by atoms with Crippen molar-refractivity contribution in [2.24, 2.45) is 0 Å². The number of nitrogens with zero attached hydrogens (tertiary/aromatic N) is 1. The van der Waals surface area contributed by atoms with Gasteiger partial charge in [0.15, 0.2) is 9.84 Å². The highest BCUT2D eigenvalue weighted by Gasteiger charge is 2.45. The van der Waals surface area contributed by atoms with Crippen molar-refractivity contribution in [3.8, 4) is 16.2 Å². The molecule has 0 bridgehead atoms. The summed E-state index contributed by atoms with van der Waals surface area (Å²) in [6.07, 6.45) is 2.31. The Kier molecular flexibility index (Phi) is 8.67. The number of aliphatic hydroxyl groups is 1. The number of piperidine rings is 1. The summed E-state index contributed by atoms with van der Waals surface area (Å²) in [4.78, 5) is 1.09. The van der Waals surface area contributed by atoms with Gasteiger partial charge in [-0.15, -0.1) is 11.3 Å². The van der Waals surface area contributed by atoms with Crippen LogP contribution in [0.15, 0.2) is 75.8 Å². The molecule has 2 fully saturated rings. The number of benzene rings is 2. The van der Waals surface area contributed by atoms with Crippen molar-refractivity contribution < 1.29 is 31.4 Å². The van der Waals surface area contributed by atoms with Crippen molar-refractivity contribution >= 4 is 31.2 Å². The Morgan fingerprint density at radius 1 is 1.07 bits per heavy atom. The number of thiophene rings is 1. The van der Waals surface area contributed by atoms with Crippen LogP contribution < -0.4 is 10.1 Å². The minimum Gasteiger partial charge on any atom is -0.491 e. The van der Waals surface area contributed by atoms with Gasteiger partial charge in [0.05, 0.1) is 17.1 Å². The summed E-state index contributed by atoms with van der Waals surface area (Å²) < 4.78 is 63.8. The third-order valence-electron chi connectivity index (χ3n) is 7.39. The molecule has 2 aliphatic heterocycles. The van der Waals surface area contributed by atoms with Gasteiger partial charge in [0.2, 0.25) is 0 Å². The van der Waals surface area contributed by atoms with Gasteiger partial charge in [0.1, 0.15) is 22.7 Å². The van der Waals surface area contributed by atoms with Crippen LogP contribution in [0.5, 0.6) is 5.75 Å². The number of hydrogen-bond acceptors (Lipinski definition) is 9. The first-order valence-electron chi connectivity index (χ1n) is 13.2. The molecule has 5 rings (SSSR count). The highest BCUT2D eigenvalue weighted by Crippen LogP contribution is 2.39. The molecule has 0 amide bonds. The van der Waals surface area contributed by atoms with Crippen LogP contribution in [-0.2, 0) is 24.6 Å². The smallest absolute Gasteiger partial charge is 0.252 e. The second-order valence-electron chi connectivity index (χ2n) is 10.4. The Morgan fingerprint density at radius 3 is 2.55 bits per heavy atom. The van der Waals surface area contributed by atoms with Crippen molar-refractivity contribution in [1.82, 2.24) is 9.62 Å². The van der Waals surface area contributed by atoms with Crippen molar-refractivity contribution in [3.05, 3.63) is 66.7 Å². The lowest BCUT2D eigenvalue weighted by Crippen LogP contribution is -2.47. The van der Waals surface area contributed by atoms with Gasteiger partial charge in [0, 0.05) is 36.8 Å². The largest absolute Gasteiger partial charge is 0.491 e. The standard InChI is InChI=1S/C28H34N2O7S3/c1-39(32,33)25-9-5-8-24(16-25)36-20-23(31)18-29-22-17-28(37-19-22)12-14-30(15-13-28)40(34,35)27-11-10-26(38-27)21-6-3-2-4-7-21/h2-11,16,22-23,29,31H,12-15,17-20H2,1H3. The summed E-state index contributed by atoms with van der Waals surface area (Å²) in [6, 6.07) is 19.5. The van der Waals surface area contributed by atoms with Crippen LogP contribution in [0.2, 0.25) is 0 Å². The normalized spacial score (nSPS) is 20.5. The summed E-state index contributed by atoms with van der Waals surface area (Å²) >= 11 is 1.29. The number of sulfone groups is 1. The Bertz CT molecular complexity index is 1520. The molecule has 0 saturated carbocycles. The molecule has 216 valence electrons. The second-order valence-corrected chi connectivity index (χ2v) is 15.7. The summed E-state index contributed by atoms with van der Waals surface area (Å²) in [5, 5.41) is 13.7. The number of nitrogens with one attached hydrogen (secondary N) is 1. The van der Waals surface area contributed by atoms with Crippen molar-refractivity contribution in [3.63, 3.8) is 0 Å². The molecule has 2 saturated heterocycles. The number of ether oxygens (including phenoxy) is 2. The minimum atomic E-state index is -3.57. The maximum absolute atomic E-state index is 13.3. The fourth-order valence-electron chi connectivity index (χ4n) is 5.15. The zero-order chi connectivity index (χ0) is 28.4. The van der Waals surface area contributed by atoms with Crippen LogP contribution in [0, 0.1) is 0 Å². The summed E-state index contributed by atoms with van der Waals surface area (Å²) in [6.45, 7) is 1.59. The SMILES string of the molecule is CS(=O)(=O)c1cccc(OCC(O)CNC2COC3(CCN(S(=O)(=O)c4ccc(-c5ccccc5)s4)CC3)C2)c1. The van der Waals surface area contributed by atoms with Gasteiger partial charge in [-0.25, -0.2) is 16.8 Å². The third kappa shape index (κ3) is 6.76. The van der Waals surface area contributed by atoms with Gasteiger partial charge in [-0.2, -0.15) is 4.31 Å². The first-order chi connectivity index (χ1) is 19.0. The van der Waals surface area contributed by atoms with E-state index in [1.54, 1.807) is 22.5 Å². The lowest BCUT2D eigenvalue weighted by Gasteiger charge is -2.37. The molecule has 3 aromatic rings. The molecular formula is C28H34N2O7S3. The Labute approximate surface area is 239 Å². The minimum absolute atomic E-state index is 0.0143. The maximum atomic E-state index is 13.3. The molecule has 40 heavy (non-hydrogen) atoms. The van der Waals surface area contributed by atoms with Gasteiger partial charge >= 0.3 is 0 Å². The van der Waals surface area contributed by atoms with Crippen LogP contribution in [0.1, 0.15) is 19.3 Å². The average Bonchev–Trinajstić information content (AvgIpc) is 3.60. The molecule has 2 aromatic carbocycles. The van der Waals surface area contributed by atoms with E-state index < -0.39 is 26.0 Å². The van der Waals surface area contributed by atoms with Crippen LogP contribution in [0.25, 0.3) is 10.4 Å². The van der Waals surface area contributed by atoms with Crippen LogP contribution in [0.4, 0.5) is 0 Å². The summed E-state index contributed by atoms with van der Waals surface area (Å²) in [5.41, 5.74) is 0.629. The Balaban J connectivity index is 1.08. The Hall–Kier alpha value is -2.32. The third-order valence-corrected chi connectivity index (χ3v) is 12.0. The molecule has 3 heterocycles. The van der Waals surface area contributed by atoms with E-state index in [1.807, 2.05) is 36.4 Å². The molecular weight excluding hydrogens is 573 g/mol. The van der Waals surface area contributed by atoms with Crippen molar-refractivity contribution in [2.75, 3.05) is 39.1 Å². The van der Waals surface area contributed by atoms with E-state index in [-0.39, 0.29) is 23.1 Å². The predicted octanol–water partition coefficient (Wildman–Crippen LogP) is 3.16. The van der Waals surface area contributed by atoms with E-state index in [2.05, 4.69) is 5.32 Å². The first kappa shape index (κ1) is 29.2. The molecule has 0 aliphatic carbocycles. The van der Waals surface area contributed by atoms with Crippen LogP contribution >= 0.6 is 11.3 Å². The van der Waals surface area contributed by atoms with E-state index in [0.717, 1.165) is 23.1 Å². The van der Waals surface area contributed by atoms with Gasteiger partial charge in [0.25, 0.3) is 10.0 Å². The molecule has 2 N–H and O–H groups in total. The van der Waals surface area contributed by atoms with E-state index in [9.17, 15) is 21.9 Å².